The summed E-state index contributed by atoms with van der Waals surface area (Å²) in [6.07, 6.45) is -2.04. The number of nitrogens with zero attached hydrogens (tertiary/aromatic N) is 2. The smallest absolute Gasteiger partial charge is 0.387 e. The molecule has 21 heavy (non-hydrogen) atoms. The summed E-state index contributed by atoms with van der Waals surface area (Å²) < 4.78 is 37.3. The normalized spacial score (nSPS) is 13.2. The van der Waals surface area contributed by atoms with E-state index >= 15 is 0 Å². The van der Waals surface area contributed by atoms with Gasteiger partial charge in [-0.05, 0) is 30.7 Å². The van der Waals surface area contributed by atoms with Crippen LogP contribution in [0.2, 0.25) is 0 Å². The van der Waals surface area contributed by atoms with Gasteiger partial charge < -0.3 is 5.11 Å². The highest BCUT2D eigenvalue weighted by Gasteiger charge is 2.30. The number of hydrogen-bond acceptors (Lipinski definition) is 4. The summed E-state index contributed by atoms with van der Waals surface area (Å²) in [5.74, 6) is 0. The lowest BCUT2D eigenvalue weighted by Crippen LogP contribution is -2.05. The highest BCUT2D eigenvalue weighted by Crippen LogP contribution is 2.31. The third kappa shape index (κ3) is 4.18. The second kappa shape index (κ2) is 6.44. The van der Waals surface area contributed by atoms with Gasteiger partial charge in [-0.25, -0.2) is 4.98 Å². The molecule has 2 heterocycles. The van der Waals surface area contributed by atoms with E-state index in [0.29, 0.717) is 17.1 Å². The summed E-state index contributed by atoms with van der Waals surface area (Å²) in [7, 11) is 0. The minimum atomic E-state index is -4.38. The summed E-state index contributed by atoms with van der Waals surface area (Å²) >= 11 is 1.21. The van der Waals surface area contributed by atoms with Crippen LogP contribution in [0.1, 0.15) is 30.7 Å². The van der Waals surface area contributed by atoms with Gasteiger partial charge in [0.15, 0.2) is 0 Å². The van der Waals surface area contributed by atoms with Crippen LogP contribution >= 0.6 is 11.8 Å². The van der Waals surface area contributed by atoms with Crippen molar-refractivity contribution < 1.29 is 18.3 Å². The van der Waals surface area contributed by atoms with E-state index in [1.165, 1.54) is 17.8 Å². The molecule has 0 aliphatic rings. The van der Waals surface area contributed by atoms with Gasteiger partial charge in [0.05, 0.1) is 17.4 Å². The van der Waals surface area contributed by atoms with E-state index in [-0.39, 0.29) is 0 Å². The van der Waals surface area contributed by atoms with Crippen LogP contribution in [0.15, 0.2) is 46.6 Å². The Morgan fingerprint density at radius 3 is 2.38 bits per heavy atom. The first kappa shape index (κ1) is 15.8. The van der Waals surface area contributed by atoms with E-state index in [9.17, 15) is 18.3 Å². The predicted octanol–water partition coefficient (Wildman–Crippen LogP) is 4.09. The van der Waals surface area contributed by atoms with E-state index in [4.69, 9.17) is 0 Å². The lowest BCUT2D eigenvalue weighted by Gasteiger charge is -2.08. The van der Waals surface area contributed by atoms with Gasteiger partial charge in [-0.3, -0.25) is 4.98 Å². The van der Waals surface area contributed by atoms with Crippen molar-refractivity contribution in [1.29, 1.82) is 0 Å². The summed E-state index contributed by atoms with van der Waals surface area (Å²) in [4.78, 5) is 8.65. The Kier molecular flexibility index (Phi) is 4.84. The number of halogens is 3. The third-order valence-corrected chi connectivity index (χ3v) is 3.70. The molecule has 0 radical (unpaired) electrons. The molecule has 0 saturated heterocycles. The average molecular weight is 314 g/mol. The Morgan fingerprint density at radius 1 is 1.14 bits per heavy atom. The monoisotopic (exact) mass is 314 g/mol. The Labute approximate surface area is 124 Å². The molecule has 0 saturated carbocycles. The molecule has 7 heteroatoms. The van der Waals surface area contributed by atoms with E-state index < -0.39 is 17.8 Å². The van der Waals surface area contributed by atoms with Gasteiger partial charge >= 0.3 is 6.18 Å². The fraction of sp³-hybridized carbons (Fsp3) is 0.286. The lowest BCUT2D eigenvalue weighted by atomic mass is 10.2. The SMILES string of the molecule is CC[C@@H](O)c1ccc(Sc2ccc(C(F)(F)F)cn2)cn1. The minimum absolute atomic E-state index is 0.452. The van der Waals surface area contributed by atoms with Gasteiger partial charge in [0.1, 0.15) is 5.03 Å². The molecule has 1 atom stereocenters. The lowest BCUT2D eigenvalue weighted by molar-refractivity contribution is -0.137. The van der Waals surface area contributed by atoms with Crippen molar-refractivity contribution >= 4 is 11.8 Å². The number of rotatable bonds is 4. The maximum atomic E-state index is 12.4. The zero-order valence-corrected chi connectivity index (χ0v) is 11.9. The molecule has 0 unspecified atom stereocenters. The van der Waals surface area contributed by atoms with Gasteiger partial charge in [-0.2, -0.15) is 13.2 Å². The molecule has 3 nitrogen and oxygen atoms in total. The standard InChI is InChI=1S/C14H13F3N2OS/c1-2-12(20)11-5-4-10(8-18-11)21-13-6-3-9(7-19-13)14(15,16)17/h3-8,12,20H,2H2,1H3/t12-/m1/s1. The molecule has 0 spiro atoms. The maximum Gasteiger partial charge on any atom is 0.417 e. The molecular formula is C14H13F3N2OS. The zero-order chi connectivity index (χ0) is 15.5. The summed E-state index contributed by atoms with van der Waals surface area (Å²) in [5, 5.41) is 10.1. The molecule has 0 aliphatic carbocycles. The molecule has 112 valence electrons. The Morgan fingerprint density at radius 2 is 1.90 bits per heavy atom. The van der Waals surface area contributed by atoms with Crippen molar-refractivity contribution in [3.8, 4) is 0 Å². The van der Waals surface area contributed by atoms with Crippen molar-refractivity contribution in [1.82, 2.24) is 9.97 Å². The maximum absolute atomic E-state index is 12.4. The molecule has 0 aliphatic heterocycles. The topological polar surface area (TPSA) is 46.0 Å². The van der Waals surface area contributed by atoms with Crippen LogP contribution < -0.4 is 0 Å². The van der Waals surface area contributed by atoms with Crippen LogP contribution in [0.4, 0.5) is 13.2 Å². The third-order valence-electron chi connectivity index (χ3n) is 2.77. The van der Waals surface area contributed by atoms with Crippen molar-refractivity contribution in [2.45, 2.75) is 35.5 Å². The van der Waals surface area contributed by atoms with Gasteiger partial charge in [-0.1, -0.05) is 18.7 Å². The molecule has 0 aromatic carbocycles. The van der Waals surface area contributed by atoms with Crippen molar-refractivity contribution in [2.75, 3.05) is 0 Å². The van der Waals surface area contributed by atoms with Gasteiger partial charge in [0.2, 0.25) is 0 Å². The first-order chi connectivity index (χ1) is 9.90. The Balaban J connectivity index is 2.08. The summed E-state index contributed by atoms with van der Waals surface area (Å²) in [6, 6.07) is 5.77. The second-order valence-electron chi connectivity index (χ2n) is 4.33. The summed E-state index contributed by atoms with van der Waals surface area (Å²) in [6.45, 7) is 1.85. The first-order valence-corrected chi connectivity index (χ1v) is 7.07. The van der Waals surface area contributed by atoms with E-state index in [1.54, 1.807) is 18.3 Å². The largest absolute Gasteiger partial charge is 0.417 e. The highest BCUT2D eigenvalue weighted by molar-refractivity contribution is 7.99. The van der Waals surface area contributed by atoms with Gasteiger partial charge in [0, 0.05) is 17.3 Å². The number of hydrogen-bond donors (Lipinski definition) is 1. The molecule has 2 aromatic rings. The first-order valence-electron chi connectivity index (χ1n) is 6.25. The second-order valence-corrected chi connectivity index (χ2v) is 5.42. The Bertz CT molecular complexity index is 585. The number of aliphatic hydroxyl groups is 1. The van der Waals surface area contributed by atoms with Crippen LogP contribution in [-0.4, -0.2) is 15.1 Å². The Hall–Kier alpha value is -1.60. The van der Waals surface area contributed by atoms with Gasteiger partial charge in [0.25, 0.3) is 0 Å². The van der Waals surface area contributed by atoms with Crippen LogP contribution in [-0.2, 0) is 6.18 Å². The number of aromatic nitrogens is 2. The zero-order valence-electron chi connectivity index (χ0n) is 11.1. The van der Waals surface area contributed by atoms with Gasteiger partial charge in [-0.15, -0.1) is 0 Å². The molecule has 0 bridgehead atoms. The summed E-state index contributed by atoms with van der Waals surface area (Å²) in [5.41, 5.74) is -0.200. The molecule has 2 rings (SSSR count). The molecule has 0 fully saturated rings. The molecule has 2 aromatic heterocycles. The van der Waals surface area contributed by atoms with Crippen molar-refractivity contribution in [3.63, 3.8) is 0 Å². The van der Waals surface area contributed by atoms with Crippen LogP contribution in [0.5, 0.6) is 0 Å². The average Bonchev–Trinajstić information content (AvgIpc) is 2.47. The van der Waals surface area contributed by atoms with E-state index in [0.717, 1.165) is 17.2 Å². The fourth-order valence-corrected chi connectivity index (χ4v) is 2.31. The molecule has 0 amide bonds. The molecule has 1 N–H and O–H groups in total. The number of aliphatic hydroxyl groups excluding tert-OH is 1. The van der Waals surface area contributed by atoms with Crippen LogP contribution in [0.3, 0.4) is 0 Å². The van der Waals surface area contributed by atoms with Crippen molar-refractivity contribution in [2.24, 2.45) is 0 Å². The number of pyridine rings is 2. The molecular weight excluding hydrogens is 301 g/mol. The van der Waals surface area contributed by atoms with Crippen LogP contribution in [0.25, 0.3) is 0 Å². The van der Waals surface area contributed by atoms with Crippen LogP contribution in [0, 0.1) is 0 Å². The fourth-order valence-electron chi connectivity index (χ4n) is 1.59. The highest BCUT2D eigenvalue weighted by atomic mass is 32.2. The quantitative estimate of drug-likeness (QED) is 0.923. The predicted molar refractivity (Wildman–Crippen MR) is 72.8 cm³/mol. The van der Waals surface area contributed by atoms with Crippen molar-refractivity contribution in [3.05, 3.63) is 47.9 Å². The van der Waals surface area contributed by atoms with E-state index in [1.807, 2.05) is 6.92 Å². The number of alkyl halides is 3. The van der Waals surface area contributed by atoms with E-state index in [2.05, 4.69) is 9.97 Å². The minimum Gasteiger partial charge on any atom is -0.387 e.